The van der Waals surface area contributed by atoms with Gasteiger partial charge in [-0.05, 0) is 91.0 Å². The summed E-state index contributed by atoms with van der Waals surface area (Å²) in [4.78, 5) is 23.0. The second-order valence-corrected chi connectivity index (χ2v) is 11.7. The second-order valence-electron chi connectivity index (χ2n) is 11.7. The standard InChI is InChI=1S/C42H40O4/c1-31(43)38-24-19-34(20-25-38)13-16-35(29-36-22-27-40(28-23-36)42(44)45)21-26-39-9-5-6-10-41(39)46-30-37-17-14-33(15-18-37)12-11-32-7-3-2-4-8-32/h2-10,14-15,17-28,35H,11-13,16,29-30H2,1H3,(H,44,45)/b26-21+. The number of Topliss-reactive ketones (excluding diaryl/α,β-unsaturated/α-hetero) is 1. The van der Waals surface area contributed by atoms with Gasteiger partial charge in [0, 0.05) is 11.1 Å². The number of allylic oxidation sites excluding steroid dienone is 1. The van der Waals surface area contributed by atoms with Crippen molar-refractivity contribution in [3.8, 4) is 5.75 Å². The van der Waals surface area contributed by atoms with Crippen LogP contribution in [0.3, 0.4) is 0 Å². The number of hydrogen-bond acceptors (Lipinski definition) is 3. The molecule has 5 aromatic rings. The predicted octanol–water partition coefficient (Wildman–Crippen LogP) is 9.46. The molecule has 5 aromatic carbocycles. The van der Waals surface area contributed by atoms with Crippen molar-refractivity contribution >= 4 is 17.8 Å². The van der Waals surface area contributed by atoms with E-state index in [2.05, 4.69) is 66.7 Å². The summed E-state index contributed by atoms with van der Waals surface area (Å²) in [5, 5.41) is 9.30. The minimum atomic E-state index is -0.924. The van der Waals surface area contributed by atoms with Crippen LogP contribution in [0.25, 0.3) is 6.08 Å². The van der Waals surface area contributed by atoms with Crippen LogP contribution in [0.2, 0.25) is 0 Å². The van der Waals surface area contributed by atoms with Crippen molar-refractivity contribution in [2.45, 2.75) is 45.6 Å². The number of aromatic carboxylic acids is 1. The third-order valence-electron chi connectivity index (χ3n) is 8.29. The van der Waals surface area contributed by atoms with Gasteiger partial charge >= 0.3 is 5.97 Å². The van der Waals surface area contributed by atoms with Gasteiger partial charge in [-0.3, -0.25) is 4.79 Å². The highest BCUT2D eigenvalue weighted by Crippen LogP contribution is 2.25. The van der Waals surface area contributed by atoms with Gasteiger partial charge in [0.15, 0.2) is 5.78 Å². The summed E-state index contributed by atoms with van der Waals surface area (Å²) in [6.07, 6.45) is 8.94. The first-order chi connectivity index (χ1) is 22.4. The van der Waals surface area contributed by atoms with Gasteiger partial charge in [-0.15, -0.1) is 0 Å². The Balaban J connectivity index is 1.24. The van der Waals surface area contributed by atoms with Crippen molar-refractivity contribution < 1.29 is 19.4 Å². The predicted molar refractivity (Wildman–Crippen MR) is 185 cm³/mol. The number of rotatable bonds is 15. The molecule has 0 aromatic heterocycles. The number of ether oxygens (including phenoxy) is 1. The third-order valence-corrected chi connectivity index (χ3v) is 8.29. The number of aryl methyl sites for hydroxylation is 3. The third kappa shape index (κ3) is 9.64. The maximum Gasteiger partial charge on any atom is 0.335 e. The van der Waals surface area contributed by atoms with Crippen LogP contribution < -0.4 is 4.74 Å². The summed E-state index contributed by atoms with van der Waals surface area (Å²) in [6.45, 7) is 2.07. The molecular weight excluding hydrogens is 568 g/mol. The highest BCUT2D eigenvalue weighted by molar-refractivity contribution is 5.94. The minimum absolute atomic E-state index is 0.0638. The topological polar surface area (TPSA) is 63.6 Å². The molecule has 0 saturated carbocycles. The van der Waals surface area contributed by atoms with Crippen LogP contribution in [-0.2, 0) is 32.3 Å². The van der Waals surface area contributed by atoms with Crippen molar-refractivity contribution in [2.75, 3.05) is 0 Å². The molecule has 46 heavy (non-hydrogen) atoms. The number of carbonyl (C=O) groups is 2. The fourth-order valence-electron chi connectivity index (χ4n) is 5.50. The maximum absolute atomic E-state index is 11.7. The van der Waals surface area contributed by atoms with Crippen molar-refractivity contribution in [3.63, 3.8) is 0 Å². The summed E-state index contributed by atoms with van der Waals surface area (Å²) in [5.74, 6) is 0.178. The first-order valence-electron chi connectivity index (χ1n) is 15.9. The number of ketones is 1. The lowest BCUT2D eigenvalue weighted by atomic mass is 9.91. The van der Waals surface area contributed by atoms with Gasteiger partial charge in [-0.2, -0.15) is 0 Å². The Hall–Kier alpha value is -5.22. The number of carbonyl (C=O) groups excluding carboxylic acids is 1. The van der Waals surface area contributed by atoms with Crippen LogP contribution in [0, 0.1) is 5.92 Å². The van der Waals surface area contributed by atoms with Crippen LogP contribution in [0.1, 0.15) is 67.4 Å². The van der Waals surface area contributed by atoms with Gasteiger partial charge in [0.05, 0.1) is 5.56 Å². The monoisotopic (exact) mass is 608 g/mol. The van der Waals surface area contributed by atoms with E-state index >= 15 is 0 Å². The van der Waals surface area contributed by atoms with Crippen molar-refractivity contribution in [1.29, 1.82) is 0 Å². The molecule has 0 amide bonds. The first kappa shape index (κ1) is 32.2. The Kier molecular flexibility index (Phi) is 11.3. The van der Waals surface area contributed by atoms with Crippen LogP contribution in [0.4, 0.5) is 0 Å². The molecule has 0 radical (unpaired) electrons. The molecule has 0 saturated heterocycles. The number of benzene rings is 5. The van der Waals surface area contributed by atoms with E-state index in [4.69, 9.17) is 4.74 Å². The zero-order valence-corrected chi connectivity index (χ0v) is 26.3. The van der Waals surface area contributed by atoms with E-state index in [1.807, 2.05) is 60.7 Å². The largest absolute Gasteiger partial charge is 0.488 e. The molecule has 0 fully saturated rings. The molecule has 0 aliphatic heterocycles. The Morgan fingerprint density at radius 1 is 0.630 bits per heavy atom. The van der Waals surface area contributed by atoms with Gasteiger partial charge in [-0.25, -0.2) is 4.79 Å². The average Bonchev–Trinajstić information content (AvgIpc) is 3.09. The quantitative estimate of drug-likeness (QED) is 0.120. The molecule has 4 nitrogen and oxygen atoms in total. The van der Waals surface area contributed by atoms with E-state index in [0.717, 1.165) is 54.5 Å². The Morgan fingerprint density at radius 3 is 1.85 bits per heavy atom. The lowest BCUT2D eigenvalue weighted by Crippen LogP contribution is -2.05. The van der Waals surface area contributed by atoms with E-state index < -0.39 is 5.97 Å². The van der Waals surface area contributed by atoms with Crippen LogP contribution >= 0.6 is 0 Å². The molecular formula is C42H40O4. The van der Waals surface area contributed by atoms with E-state index in [1.165, 1.54) is 16.7 Å². The van der Waals surface area contributed by atoms with E-state index in [-0.39, 0.29) is 17.3 Å². The average molecular weight is 609 g/mol. The van der Waals surface area contributed by atoms with Crippen molar-refractivity contribution in [2.24, 2.45) is 5.92 Å². The smallest absolute Gasteiger partial charge is 0.335 e. The molecule has 5 rings (SSSR count). The summed E-state index contributed by atoms with van der Waals surface area (Å²) in [5.41, 5.74) is 8.07. The van der Waals surface area contributed by atoms with E-state index in [1.54, 1.807) is 19.1 Å². The van der Waals surface area contributed by atoms with Crippen LogP contribution in [-0.4, -0.2) is 16.9 Å². The Morgan fingerprint density at radius 2 is 1.17 bits per heavy atom. The molecule has 0 heterocycles. The number of carboxylic acid groups (broad SMARTS) is 1. The summed E-state index contributed by atoms with van der Waals surface area (Å²) in [6, 6.07) is 42.3. The Bertz CT molecular complexity index is 1740. The molecule has 232 valence electrons. The fourth-order valence-corrected chi connectivity index (χ4v) is 5.50. The first-order valence-corrected chi connectivity index (χ1v) is 15.9. The summed E-state index contributed by atoms with van der Waals surface area (Å²) >= 11 is 0. The second kappa shape index (κ2) is 16.2. The number of para-hydroxylation sites is 1. The fraction of sp³-hybridized carbons (Fsp3) is 0.190. The van der Waals surface area contributed by atoms with Gasteiger partial charge < -0.3 is 9.84 Å². The van der Waals surface area contributed by atoms with Gasteiger partial charge in [-0.1, -0.05) is 121 Å². The summed E-state index contributed by atoms with van der Waals surface area (Å²) in [7, 11) is 0. The van der Waals surface area contributed by atoms with Gasteiger partial charge in [0.25, 0.3) is 0 Å². The Labute approximate surface area is 272 Å². The number of hydrogen-bond donors (Lipinski definition) is 1. The number of carboxylic acids is 1. The van der Waals surface area contributed by atoms with Gasteiger partial charge in [0.2, 0.25) is 0 Å². The molecule has 1 unspecified atom stereocenters. The normalized spacial score (nSPS) is 11.8. The molecule has 0 spiro atoms. The maximum atomic E-state index is 11.7. The van der Waals surface area contributed by atoms with E-state index in [9.17, 15) is 14.7 Å². The minimum Gasteiger partial charge on any atom is -0.488 e. The van der Waals surface area contributed by atoms with Crippen LogP contribution in [0.5, 0.6) is 5.75 Å². The molecule has 0 aliphatic carbocycles. The van der Waals surface area contributed by atoms with Gasteiger partial charge in [0.1, 0.15) is 12.4 Å². The van der Waals surface area contributed by atoms with Crippen molar-refractivity contribution in [3.05, 3.63) is 178 Å². The van der Waals surface area contributed by atoms with Crippen LogP contribution in [0.15, 0.2) is 133 Å². The lowest BCUT2D eigenvalue weighted by molar-refractivity contribution is 0.0696. The van der Waals surface area contributed by atoms with Crippen molar-refractivity contribution in [1.82, 2.24) is 0 Å². The summed E-state index contributed by atoms with van der Waals surface area (Å²) < 4.78 is 6.30. The zero-order valence-electron chi connectivity index (χ0n) is 26.3. The lowest BCUT2D eigenvalue weighted by Gasteiger charge is -2.15. The highest BCUT2D eigenvalue weighted by atomic mass is 16.5. The molecule has 1 atom stereocenters. The molecule has 0 aliphatic rings. The molecule has 1 N–H and O–H groups in total. The molecule has 0 bridgehead atoms. The molecule has 4 heteroatoms. The zero-order chi connectivity index (χ0) is 32.1. The SMILES string of the molecule is CC(=O)c1ccc(CCC(/C=C/c2ccccc2OCc2ccc(CCc3ccccc3)cc2)Cc2ccc(C(=O)O)cc2)cc1. The van der Waals surface area contributed by atoms with E-state index in [0.29, 0.717) is 12.2 Å². The highest BCUT2D eigenvalue weighted by Gasteiger charge is 2.11.